The van der Waals surface area contributed by atoms with E-state index in [0.29, 0.717) is 16.9 Å². The van der Waals surface area contributed by atoms with Gasteiger partial charge in [0.2, 0.25) is 0 Å². The van der Waals surface area contributed by atoms with Gasteiger partial charge in [-0.05, 0) is 32.9 Å². The molecule has 0 atom stereocenters. The van der Waals surface area contributed by atoms with Gasteiger partial charge < -0.3 is 5.32 Å². The average Bonchev–Trinajstić information content (AvgIpc) is 3.16. The Bertz CT molecular complexity index is 819. The molecule has 118 valence electrons. The number of nitrogens with one attached hydrogen (secondary N) is 2. The van der Waals surface area contributed by atoms with Crippen LogP contribution in [0.5, 0.6) is 0 Å². The molecule has 0 aliphatic rings. The number of rotatable bonds is 4. The van der Waals surface area contributed by atoms with Gasteiger partial charge in [-0.15, -0.1) is 0 Å². The number of H-pyrrole nitrogens is 1. The first kappa shape index (κ1) is 15.0. The Labute approximate surface area is 133 Å². The zero-order valence-corrected chi connectivity index (χ0v) is 13.2. The number of aryl methyl sites for hydroxylation is 1. The third kappa shape index (κ3) is 3.13. The van der Waals surface area contributed by atoms with Gasteiger partial charge >= 0.3 is 0 Å². The first-order valence-corrected chi connectivity index (χ1v) is 7.38. The average molecular weight is 310 g/mol. The highest BCUT2D eigenvalue weighted by molar-refractivity contribution is 6.05. The fourth-order valence-corrected chi connectivity index (χ4v) is 2.26. The van der Waals surface area contributed by atoms with E-state index in [4.69, 9.17) is 0 Å². The van der Waals surface area contributed by atoms with E-state index in [-0.39, 0.29) is 11.9 Å². The summed E-state index contributed by atoms with van der Waals surface area (Å²) >= 11 is 0. The minimum absolute atomic E-state index is 0.174. The van der Waals surface area contributed by atoms with Gasteiger partial charge in [0, 0.05) is 23.5 Å². The zero-order chi connectivity index (χ0) is 16.4. The van der Waals surface area contributed by atoms with Gasteiger partial charge in [-0.2, -0.15) is 20.5 Å². The van der Waals surface area contributed by atoms with Crippen LogP contribution in [0.1, 0.15) is 35.9 Å². The Morgan fingerprint density at radius 2 is 2.17 bits per heavy atom. The summed E-state index contributed by atoms with van der Waals surface area (Å²) in [6.45, 7) is 5.88. The van der Waals surface area contributed by atoms with Gasteiger partial charge in [0.05, 0.1) is 17.5 Å². The normalized spacial score (nSPS) is 11.0. The molecule has 2 N–H and O–H groups in total. The van der Waals surface area contributed by atoms with Crippen LogP contribution in [-0.4, -0.2) is 31.1 Å². The fraction of sp³-hybridized carbons (Fsp3) is 0.250. The molecule has 0 aliphatic carbocycles. The molecule has 2 heterocycles. The summed E-state index contributed by atoms with van der Waals surface area (Å²) < 4.78 is 1.79. The molecule has 3 rings (SSSR count). The smallest absolute Gasteiger partial charge is 0.259 e. The van der Waals surface area contributed by atoms with Gasteiger partial charge in [0.25, 0.3) is 5.91 Å². The SMILES string of the molecule is Cc1nn(C(C)C)cc1C(=O)Nc1cccc(-c2cn[nH]n2)c1. The Kier molecular flexibility index (Phi) is 3.92. The number of carbonyl (C=O) groups excluding carboxylic acids is 1. The maximum atomic E-state index is 12.5. The van der Waals surface area contributed by atoms with E-state index in [1.807, 2.05) is 45.0 Å². The van der Waals surface area contributed by atoms with Crippen molar-refractivity contribution in [3.8, 4) is 11.3 Å². The van der Waals surface area contributed by atoms with E-state index in [0.717, 1.165) is 11.3 Å². The molecule has 3 aromatic rings. The second-order valence-corrected chi connectivity index (χ2v) is 5.59. The first-order chi connectivity index (χ1) is 11.0. The molecule has 23 heavy (non-hydrogen) atoms. The monoisotopic (exact) mass is 310 g/mol. The molecule has 0 radical (unpaired) electrons. The molecule has 0 bridgehead atoms. The minimum Gasteiger partial charge on any atom is -0.322 e. The highest BCUT2D eigenvalue weighted by Crippen LogP contribution is 2.21. The number of carbonyl (C=O) groups is 1. The lowest BCUT2D eigenvalue weighted by Gasteiger charge is -2.06. The first-order valence-electron chi connectivity index (χ1n) is 7.38. The standard InChI is InChI=1S/C16H18N6O/c1-10(2)22-9-14(11(3)20-22)16(23)18-13-6-4-5-12(7-13)15-8-17-21-19-15/h4-10H,1-3H3,(H,18,23)(H,17,19,21). The molecule has 0 fully saturated rings. The Morgan fingerprint density at radius 3 is 2.83 bits per heavy atom. The van der Waals surface area contributed by atoms with E-state index in [2.05, 4.69) is 25.8 Å². The number of aromatic amines is 1. The highest BCUT2D eigenvalue weighted by Gasteiger charge is 2.15. The second-order valence-electron chi connectivity index (χ2n) is 5.59. The number of hydrogen-bond donors (Lipinski definition) is 2. The lowest BCUT2D eigenvalue weighted by atomic mass is 10.1. The number of hydrogen-bond acceptors (Lipinski definition) is 4. The maximum Gasteiger partial charge on any atom is 0.259 e. The van der Waals surface area contributed by atoms with Crippen molar-refractivity contribution in [1.29, 1.82) is 0 Å². The number of aromatic nitrogens is 5. The summed E-state index contributed by atoms with van der Waals surface area (Å²) in [7, 11) is 0. The molecule has 7 heteroatoms. The zero-order valence-electron chi connectivity index (χ0n) is 13.2. The number of benzene rings is 1. The highest BCUT2D eigenvalue weighted by atomic mass is 16.1. The summed E-state index contributed by atoms with van der Waals surface area (Å²) in [6, 6.07) is 7.69. The molecule has 0 saturated heterocycles. The molecule has 0 spiro atoms. The molecule has 0 unspecified atom stereocenters. The molecular weight excluding hydrogens is 292 g/mol. The van der Waals surface area contributed by atoms with Crippen molar-refractivity contribution in [2.24, 2.45) is 0 Å². The Hall–Kier alpha value is -2.96. The lowest BCUT2D eigenvalue weighted by molar-refractivity contribution is 0.102. The van der Waals surface area contributed by atoms with E-state index >= 15 is 0 Å². The van der Waals surface area contributed by atoms with Crippen molar-refractivity contribution in [1.82, 2.24) is 25.2 Å². The van der Waals surface area contributed by atoms with Crippen LogP contribution in [0.2, 0.25) is 0 Å². The molecule has 0 saturated carbocycles. The summed E-state index contributed by atoms with van der Waals surface area (Å²) in [6.07, 6.45) is 3.41. The number of nitrogens with zero attached hydrogens (tertiary/aromatic N) is 4. The topological polar surface area (TPSA) is 88.5 Å². The van der Waals surface area contributed by atoms with Crippen LogP contribution in [0.3, 0.4) is 0 Å². The van der Waals surface area contributed by atoms with E-state index < -0.39 is 0 Å². The molecule has 2 aromatic heterocycles. The quantitative estimate of drug-likeness (QED) is 0.775. The van der Waals surface area contributed by atoms with E-state index in [9.17, 15) is 4.79 Å². The van der Waals surface area contributed by atoms with E-state index in [1.54, 1.807) is 17.1 Å². The summed E-state index contributed by atoms with van der Waals surface area (Å²) in [4.78, 5) is 12.5. The summed E-state index contributed by atoms with van der Waals surface area (Å²) in [5.74, 6) is -0.174. The molecular formula is C16H18N6O. The van der Waals surface area contributed by atoms with Gasteiger partial charge in [-0.1, -0.05) is 12.1 Å². The Morgan fingerprint density at radius 1 is 1.35 bits per heavy atom. The minimum atomic E-state index is -0.174. The van der Waals surface area contributed by atoms with E-state index in [1.165, 1.54) is 0 Å². The Balaban J connectivity index is 1.82. The number of amides is 1. The maximum absolute atomic E-state index is 12.5. The molecule has 7 nitrogen and oxygen atoms in total. The van der Waals surface area contributed by atoms with Crippen molar-refractivity contribution in [2.75, 3.05) is 5.32 Å². The molecule has 1 aromatic carbocycles. The van der Waals surface area contributed by atoms with Gasteiger partial charge in [-0.3, -0.25) is 9.48 Å². The van der Waals surface area contributed by atoms with Crippen LogP contribution in [0.4, 0.5) is 5.69 Å². The van der Waals surface area contributed by atoms with Crippen molar-refractivity contribution in [3.63, 3.8) is 0 Å². The predicted octanol–water partition coefficient (Wildman–Crippen LogP) is 2.81. The third-order valence-corrected chi connectivity index (χ3v) is 3.52. The van der Waals surface area contributed by atoms with Crippen LogP contribution < -0.4 is 5.32 Å². The second kappa shape index (κ2) is 6.04. The summed E-state index contributed by atoms with van der Waals surface area (Å²) in [5.41, 5.74) is 3.60. The van der Waals surface area contributed by atoms with Crippen LogP contribution in [0.25, 0.3) is 11.3 Å². The summed E-state index contributed by atoms with van der Waals surface area (Å²) in [5, 5.41) is 17.7. The lowest BCUT2D eigenvalue weighted by Crippen LogP contribution is -2.12. The predicted molar refractivity (Wildman–Crippen MR) is 87.1 cm³/mol. The molecule has 1 amide bonds. The van der Waals surface area contributed by atoms with Crippen LogP contribution in [-0.2, 0) is 0 Å². The number of anilines is 1. The largest absolute Gasteiger partial charge is 0.322 e. The van der Waals surface area contributed by atoms with Crippen LogP contribution >= 0.6 is 0 Å². The van der Waals surface area contributed by atoms with Crippen molar-refractivity contribution >= 4 is 11.6 Å². The van der Waals surface area contributed by atoms with Crippen LogP contribution in [0, 0.1) is 6.92 Å². The third-order valence-electron chi connectivity index (χ3n) is 3.52. The molecule has 0 aliphatic heterocycles. The van der Waals surface area contributed by atoms with Crippen molar-refractivity contribution < 1.29 is 4.79 Å². The van der Waals surface area contributed by atoms with Crippen molar-refractivity contribution in [3.05, 3.63) is 47.9 Å². The van der Waals surface area contributed by atoms with Gasteiger partial charge in [0.15, 0.2) is 0 Å². The van der Waals surface area contributed by atoms with Crippen LogP contribution in [0.15, 0.2) is 36.7 Å². The van der Waals surface area contributed by atoms with Gasteiger partial charge in [0.1, 0.15) is 5.69 Å². The van der Waals surface area contributed by atoms with Crippen molar-refractivity contribution in [2.45, 2.75) is 26.8 Å². The fourth-order valence-electron chi connectivity index (χ4n) is 2.26. The van der Waals surface area contributed by atoms with Gasteiger partial charge in [-0.25, -0.2) is 0 Å².